The fourth-order valence-electron chi connectivity index (χ4n) is 2.93. The minimum atomic E-state index is -1.73. The first-order valence-electron chi connectivity index (χ1n) is 10.6. The van der Waals surface area contributed by atoms with E-state index in [4.69, 9.17) is 26.8 Å². The Morgan fingerprint density at radius 1 is 0.833 bits per heavy atom. The van der Waals surface area contributed by atoms with E-state index >= 15 is 0 Å². The van der Waals surface area contributed by atoms with Gasteiger partial charge in [0, 0.05) is 6.42 Å². The van der Waals surface area contributed by atoms with Gasteiger partial charge in [-0.25, -0.2) is 4.79 Å². The molecule has 0 aliphatic rings. The molecule has 4 amide bonds. The highest BCUT2D eigenvalue weighted by molar-refractivity contribution is 5.96. The minimum Gasteiger partial charge on any atom is -0.508 e. The summed E-state index contributed by atoms with van der Waals surface area (Å²) in [7, 11) is 0. The van der Waals surface area contributed by atoms with Gasteiger partial charge in [0.05, 0.1) is 19.1 Å². The number of primary amides is 1. The first-order valence-corrected chi connectivity index (χ1v) is 10.6. The van der Waals surface area contributed by atoms with Crippen molar-refractivity contribution >= 4 is 35.6 Å². The molecule has 1 aromatic carbocycles. The van der Waals surface area contributed by atoms with Crippen molar-refractivity contribution in [3.05, 3.63) is 29.8 Å². The highest BCUT2D eigenvalue weighted by Gasteiger charge is 2.31. The molecule has 0 spiro atoms. The maximum absolute atomic E-state index is 12.8. The molecule has 0 bridgehead atoms. The van der Waals surface area contributed by atoms with E-state index < -0.39 is 85.6 Å². The van der Waals surface area contributed by atoms with Crippen LogP contribution in [0.5, 0.6) is 5.75 Å². The van der Waals surface area contributed by atoms with Crippen LogP contribution in [-0.4, -0.2) is 86.8 Å². The van der Waals surface area contributed by atoms with Crippen LogP contribution >= 0.6 is 0 Å². The molecule has 198 valence electrons. The number of carbonyl (C=O) groups excluding carboxylic acids is 4. The average molecular weight is 511 g/mol. The molecule has 4 unspecified atom stereocenters. The number of nitrogens with one attached hydrogen (secondary N) is 3. The first kappa shape index (κ1) is 29.8. The number of phenolic OH excluding ortho intramolecular Hbond substituents is 1. The number of aliphatic hydroxyl groups excluding tert-OH is 1. The van der Waals surface area contributed by atoms with Crippen LogP contribution in [-0.2, 0) is 35.2 Å². The van der Waals surface area contributed by atoms with Gasteiger partial charge in [-0.05, 0) is 30.5 Å². The van der Waals surface area contributed by atoms with Crippen LogP contribution < -0.4 is 27.4 Å². The molecule has 0 heterocycles. The van der Waals surface area contributed by atoms with Gasteiger partial charge < -0.3 is 47.8 Å². The Balaban J connectivity index is 2.98. The number of hydrogen-bond acceptors (Lipinski definition) is 9. The maximum Gasteiger partial charge on any atom is 0.328 e. The molecule has 15 heteroatoms. The Morgan fingerprint density at radius 3 is 1.86 bits per heavy atom. The van der Waals surface area contributed by atoms with Gasteiger partial charge in [-0.3, -0.25) is 24.0 Å². The van der Waals surface area contributed by atoms with Crippen molar-refractivity contribution in [2.75, 3.05) is 6.61 Å². The van der Waals surface area contributed by atoms with E-state index in [0.717, 1.165) is 0 Å². The zero-order valence-corrected chi connectivity index (χ0v) is 19.0. The molecular weight excluding hydrogens is 482 g/mol. The molecule has 36 heavy (non-hydrogen) atoms. The number of amides is 4. The van der Waals surface area contributed by atoms with Crippen molar-refractivity contribution in [3.8, 4) is 5.75 Å². The summed E-state index contributed by atoms with van der Waals surface area (Å²) >= 11 is 0. The van der Waals surface area contributed by atoms with E-state index in [9.17, 15) is 33.9 Å². The van der Waals surface area contributed by atoms with Gasteiger partial charge in [0.15, 0.2) is 0 Å². The predicted octanol–water partition coefficient (Wildman–Crippen LogP) is -3.47. The normalized spacial score (nSPS) is 13.9. The number of nitrogens with two attached hydrogens (primary N) is 2. The summed E-state index contributed by atoms with van der Waals surface area (Å²) in [6.45, 7) is -0.978. The molecule has 15 nitrogen and oxygen atoms in total. The van der Waals surface area contributed by atoms with Gasteiger partial charge >= 0.3 is 11.9 Å². The molecule has 0 saturated heterocycles. The third-order valence-corrected chi connectivity index (χ3v) is 4.84. The van der Waals surface area contributed by atoms with Crippen molar-refractivity contribution < 1.29 is 49.2 Å². The highest BCUT2D eigenvalue weighted by Crippen LogP contribution is 2.11. The number of aliphatic carboxylic acids is 2. The molecule has 0 aromatic heterocycles. The van der Waals surface area contributed by atoms with Crippen molar-refractivity contribution in [1.29, 1.82) is 0 Å². The van der Waals surface area contributed by atoms with E-state index in [1.165, 1.54) is 24.3 Å². The SMILES string of the molecule is NC(=O)CC(NC(=O)C(CCC(=O)O)NC(=O)C(N)Cc1ccc(O)cc1)C(=O)NC(CO)C(=O)O. The third-order valence-electron chi connectivity index (χ3n) is 4.84. The Morgan fingerprint density at radius 2 is 1.36 bits per heavy atom. The fourth-order valence-corrected chi connectivity index (χ4v) is 2.93. The second-order valence-electron chi connectivity index (χ2n) is 7.78. The van der Waals surface area contributed by atoms with Gasteiger partial charge in [0.25, 0.3) is 0 Å². The Labute approximate surface area is 204 Å². The number of rotatable bonds is 15. The third kappa shape index (κ3) is 10.4. The second kappa shape index (κ2) is 14.2. The summed E-state index contributed by atoms with van der Waals surface area (Å²) in [5.74, 6) is -6.93. The number of benzene rings is 1. The summed E-state index contributed by atoms with van der Waals surface area (Å²) in [6.07, 6.45) is -1.69. The summed E-state index contributed by atoms with van der Waals surface area (Å²) < 4.78 is 0. The summed E-state index contributed by atoms with van der Waals surface area (Å²) in [5, 5.41) is 42.7. The molecular formula is C21H29N5O10. The second-order valence-corrected chi connectivity index (χ2v) is 7.78. The molecule has 0 aliphatic heterocycles. The smallest absolute Gasteiger partial charge is 0.328 e. The molecule has 1 rings (SSSR count). The van der Waals surface area contributed by atoms with Crippen LogP contribution in [0.15, 0.2) is 24.3 Å². The number of hydrogen-bond donors (Lipinski definition) is 9. The number of phenols is 1. The fraction of sp³-hybridized carbons (Fsp3) is 0.429. The van der Waals surface area contributed by atoms with E-state index in [1.807, 2.05) is 5.32 Å². The maximum atomic E-state index is 12.8. The predicted molar refractivity (Wildman–Crippen MR) is 121 cm³/mol. The van der Waals surface area contributed by atoms with Crippen LogP contribution in [0, 0.1) is 0 Å². The molecule has 0 aliphatic carbocycles. The molecule has 0 fully saturated rings. The topological polar surface area (TPSA) is 271 Å². The number of carbonyl (C=O) groups is 6. The summed E-state index contributed by atoms with van der Waals surface area (Å²) in [4.78, 5) is 71.2. The molecule has 0 saturated carbocycles. The van der Waals surface area contributed by atoms with Crippen LogP contribution in [0.2, 0.25) is 0 Å². The molecule has 4 atom stereocenters. The Hall–Kier alpha value is -4.24. The monoisotopic (exact) mass is 511 g/mol. The van der Waals surface area contributed by atoms with E-state index in [-0.39, 0.29) is 12.2 Å². The highest BCUT2D eigenvalue weighted by atomic mass is 16.4. The minimum absolute atomic E-state index is 0.00500. The van der Waals surface area contributed by atoms with Crippen molar-refractivity contribution in [1.82, 2.24) is 16.0 Å². The van der Waals surface area contributed by atoms with E-state index in [0.29, 0.717) is 5.56 Å². The largest absolute Gasteiger partial charge is 0.508 e. The van der Waals surface area contributed by atoms with Gasteiger partial charge in [-0.1, -0.05) is 12.1 Å². The lowest BCUT2D eigenvalue weighted by Crippen LogP contribution is -2.58. The summed E-state index contributed by atoms with van der Waals surface area (Å²) in [5.41, 5.74) is 11.6. The lowest BCUT2D eigenvalue weighted by atomic mass is 10.0. The van der Waals surface area contributed by atoms with E-state index in [1.54, 1.807) is 0 Å². The molecule has 1 aromatic rings. The Kier molecular flexibility index (Phi) is 11.8. The average Bonchev–Trinajstić information content (AvgIpc) is 2.79. The van der Waals surface area contributed by atoms with Crippen LogP contribution in [0.25, 0.3) is 0 Å². The van der Waals surface area contributed by atoms with Crippen LogP contribution in [0.3, 0.4) is 0 Å². The Bertz CT molecular complexity index is 968. The van der Waals surface area contributed by atoms with Gasteiger partial charge in [0.1, 0.15) is 23.9 Å². The molecule has 0 radical (unpaired) electrons. The standard InChI is InChI=1S/C21H29N5O10/c22-12(7-10-1-3-11(28)4-2-10)18(32)24-13(5-6-17(30)31)19(33)25-14(8-16(23)29)20(34)26-15(9-27)21(35)36/h1-4,12-15,27-28H,5-9,22H2,(H2,23,29)(H,24,32)(H,25,33)(H,26,34)(H,30,31)(H,35,36). The zero-order valence-electron chi connectivity index (χ0n) is 19.0. The lowest BCUT2D eigenvalue weighted by Gasteiger charge is -2.24. The van der Waals surface area contributed by atoms with Gasteiger partial charge in [0.2, 0.25) is 23.6 Å². The van der Waals surface area contributed by atoms with Crippen LogP contribution in [0.4, 0.5) is 0 Å². The quantitative estimate of drug-likeness (QED) is 0.112. The van der Waals surface area contributed by atoms with Crippen molar-refractivity contribution in [2.24, 2.45) is 11.5 Å². The van der Waals surface area contributed by atoms with Gasteiger partial charge in [-0.2, -0.15) is 0 Å². The number of aliphatic hydroxyl groups is 1. The zero-order chi connectivity index (χ0) is 27.4. The summed E-state index contributed by atoms with van der Waals surface area (Å²) in [6, 6.07) is -0.237. The number of aromatic hydroxyl groups is 1. The van der Waals surface area contributed by atoms with Crippen molar-refractivity contribution in [2.45, 2.75) is 49.9 Å². The van der Waals surface area contributed by atoms with Crippen LogP contribution in [0.1, 0.15) is 24.8 Å². The lowest BCUT2D eigenvalue weighted by molar-refractivity contribution is -0.143. The first-order chi connectivity index (χ1) is 16.8. The van der Waals surface area contributed by atoms with E-state index in [2.05, 4.69) is 10.6 Å². The molecule has 11 N–H and O–H groups in total. The number of carboxylic acids is 2. The van der Waals surface area contributed by atoms with Crippen molar-refractivity contribution in [3.63, 3.8) is 0 Å². The van der Waals surface area contributed by atoms with Gasteiger partial charge in [-0.15, -0.1) is 0 Å². The number of carboxylic acid groups (broad SMARTS) is 2.